The Morgan fingerprint density at radius 3 is 2.45 bits per heavy atom. The second-order valence-corrected chi connectivity index (χ2v) is 7.04. The number of hydrogen-bond acceptors (Lipinski definition) is 7. The van der Waals surface area contributed by atoms with Crippen molar-refractivity contribution in [3.8, 4) is 0 Å². The Morgan fingerprint density at radius 1 is 1.10 bits per heavy atom. The molecule has 9 heteroatoms. The third kappa shape index (κ3) is 3.07. The minimum atomic E-state index is -1.18. The van der Waals surface area contributed by atoms with E-state index < -0.39 is 28.4 Å². The van der Waals surface area contributed by atoms with E-state index in [-0.39, 0.29) is 22.0 Å². The molecule has 0 radical (unpaired) electrons. The second-order valence-electron chi connectivity index (χ2n) is 6.17. The number of benzene rings is 2. The molecular formula is C20H13N3O5S. The van der Waals surface area contributed by atoms with Gasteiger partial charge in [0.1, 0.15) is 11.8 Å². The normalized spacial score (nSPS) is 18.2. The predicted octanol–water partition coefficient (Wildman–Crippen LogP) is 3.68. The lowest BCUT2D eigenvalue weighted by atomic mass is 9.94. The van der Waals surface area contributed by atoms with Crippen molar-refractivity contribution in [1.82, 2.24) is 4.98 Å². The van der Waals surface area contributed by atoms with Crippen LogP contribution in [0.2, 0.25) is 0 Å². The van der Waals surface area contributed by atoms with E-state index >= 15 is 0 Å². The molecule has 0 saturated carbocycles. The average molecular weight is 407 g/mol. The third-order valence-electron chi connectivity index (χ3n) is 4.55. The standard InChI is InChI=1S/C20H13N3O5S/c24-17(12-6-2-1-3-7-12)15-16(13-8-4-5-9-14(13)23(27)28)22(19(26)18(15)25)20-21-10-11-29-20/h1-11,16,24H/b17-15-. The van der Waals surface area contributed by atoms with Gasteiger partial charge in [0.2, 0.25) is 0 Å². The Hall–Kier alpha value is -3.85. The molecule has 2 aromatic carbocycles. The van der Waals surface area contributed by atoms with E-state index in [1.54, 1.807) is 41.8 Å². The Morgan fingerprint density at radius 2 is 1.79 bits per heavy atom. The van der Waals surface area contributed by atoms with Gasteiger partial charge < -0.3 is 5.11 Å². The monoisotopic (exact) mass is 407 g/mol. The largest absolute Gasteiger partial charge is 0.507 e. The van der Waals surface area contributed by atoms with Gasteiger partial charge in [0, 0.05) is 23.2 Å². The lowest BCUT2D eigenvalue weighted by Crippen LogP contribution is -2.29. The molecule has 1 aliphatic rings. The maximum absolute atomic E-state index is 12.9. The van der Waals surface area contributed by atoms with Gasteiger partial charge in [-0.1, -0.05) is 42.5 Å². The molecule has 8 nitrogen and oxygen atoms in total. The van der Waals surface area contributed by atoms with Crippen LogP contribution in [0, 0.1) is 10.1 Å². The summed E-state index contributed by atoms with van der Waals surface area (Å²) in [6.45, 7) is 0. The number of nitro groups is 1. The number of anilines is 1. The minimum absolute atomic E-state index is 0.115. The number of Topliss-reactive ketones (excluding diaryl/α,β-unsaturated/α-hetero) is 1. The molecule has 1 atom stereocenters. The molecule has 1 unspecified atom stereocenters. The van der Waals surface area contributed by atoms with Crippen molar-refractivity contribution in [2.45, 2.75) is 6.04 Å². The summed E-state index contributed by atoms with van der Waals surface area (Å²) in [7, 11) is 0. The number of thiazole rings is 1. The smallest absolute Gasteiger partial charge is 0.301 e. The summed E-state index contributed by atoms with van der Waals surface area (Å²) in [6.07, 6.45) is 1.47. The maximum atomic E-state index is 12.9. The number of nitrogens with zero attached hydrogens (tertiary/aromatic N) is 3. The lowest BCUT2D eigenvalue weighted by Gasteiger charge is -2.22. The molecule has 29 heavy (non-hydrogen) atoms. The van der Waals surface area contributed by atoms with E-state index in [0.29, 0.717) is 5.56 Å². The molecule has 4 rings (SSSR count). The zero-order valence-electron chi connectivity index (χ0n) is 14.8. The van der Waals surface area contributed by atoms with Crippen LogP contribution < -0.4 is 4.90 Å². The molecule has 1 aromatic heterocycles. The highest BCUT2D eigenvalue weighted by Crippen LogP contribution is 2.45. The molecule has 0 bridgehead atoms. The van der Waals surface area contributed by atoms with Gasteiger partial charge in [0.25, 0.3) is 11.5 Å². The Bertz CT molecular complexity index is 1140. The predicted molar refractivity (Wildman–Crippen MR) is 106 cm³/mol. The van der Waals surface area contributed by atoms with Crippen LogP contribution in [0.3, 0.4) is 0 Å². The van der Waals surface area contributed by atoms with Crippen molar-refractivity contribution >= 4 is 39.6 Å². The topological polar surface area (TPSA) is 114 Å². The van der Waals surface area contributed by atoms with E-state index in [1.807, 2.05) is 0 Å². The van der Waals surface area contributed by atoms with Gasteiger partial charge >= 0.3 is 5.91 Å². The van der Waals surface area contributed by atoms with Gasteiger partial charge in [0.15, 0.2) is 5.13 Å². The number of amides is 1. The summed E-state index contributed by atoms with van der Waals surface area (Å²) in [4.78, 5) is 42.0. The van der Waals surface area contributed by atoms with Gasteiger partial charge in [-0.2, -0.15) is 0 Å². The number of hydrogen-bond donors (Lipinski definition) is 1. The quantitative estimate of drug-likeness (QED) is 0.232. The van der Waals surface area contributed by atoms with Crippen LogP contribution in [0.5, 0.6) is 0 Å². The third-order valence-corrected chi connectivity index (χ3v) is 5.32. The summed E-state index contributed by atoms with van der Waals surface area (Å²) in [5.41, 5.74) is -0.0387. The van der Waals surface area contributed by atoms with E-state index in [0.717, 1.165) is 16.2 Å². The van der Waals surface area contributed by atoms with Crippen LogP contribution in [0.15, 0.2) is 71.7 Å². The van der Waals surface area contributed by atoms with Crippen LogP contribution >= 0.6 is 11.3 Å². The number of nitro benzene ring substituents is 1. The van der Waals surface area contributed by atoms with Crippen LogP contribution in [-0.2, 0) is 9.59 Å². The van der Waals surface area contributed by atoms with E-state index in [4.69, 9.17) is 0 Å². The SMILES string of the molecule is O=C1C(=O)N(c2nccs2)C(c2ccccc2[N+](=O)[O-])/C1=C(/O)c1ccccc1. The first-order valence-electron chi connectivity index (χ1n) is 8.50. The van der Waals surface area contributed by atoms with E-state index in [1.165, 1.54) is 24.4 Å². The number of aromatic nitrogens is 1. The zero-order chi connectivity index (χ0) is 20.5. The fourth-order valence-electron chi connectivity index (χ4n) is 3.30. The van der Waals surface area contributed by atoms with Crippen molar-refractivity contribution < 1.29 is 19.6 Å². The molecular weight excluding hydrogens is 394 g/mol. The Labute approximate surface area is 168 Å². The van der Waals surface area contributed by atoms with Crippen molar-refractivity contribution in [2.75, 3.05) is 4.90 Å². The molecule has 1 saturated heterocycles. The summed E-state index contributed by atoms with van der Waals surface area (Å²) in [5.74, 6) is -2.23. The molecule has 2 heterocycles. The number of para-hydroxylation sites is 1. The highest BCUT2D eigenvalue weighted by molar-refractivity contribution is 7.14. The number of carbonyl (C=O) groups is 2. The van der Waals surface area contributed by atoms with Gasteiger partial charge in [-0.3, -0.25) is 24.6 Å². The van der Waals surface area contributed by atoms with E-state index in [9.17, 15) is 24.8 Å². The van der Waals surface area contributed by atoms with Crippen LogP contribution in [0.1, 0.15) is 17.2 Å². The Kier molecular flexibility index (Phi) is 4.65. The first-order valence-corrected chi connectivity index (χ1v) is 9.38. The van der Waals surface area contributed by atoms with Crippen molar-refractivity contribution in [1.29, 1.82) is 0 Å². The highest BCUT2D eigenvalue weighted by atomic mass is 32.1. The van der Waals surface area contributed by atoms with Gasteiger partial charge in [-0.05, 0) is 6.07 Å². The minimum Gasteiger partial charge on any atom is -0.507 e. The molecule has 0 aliphatic carbocycles. The van der Waals surface area contributed by atoms with Gasteiger partial charge in [-0.15, -0.1) is 11.3 Å². The summed E-state index contributed by atoms with van der Waals surface area (Å²) in [5, 5.41) is 24.3. The molecule has 1 amide bonds. The fourth-order valence-corrected chi connectivity index (χ4v) is 3.96. The van der Waals surface area contributed by atoms with Crippen molar-refractivity contribution in [2.24, 2.45) is 0 Å². The van der Waals surface area contributed by atoms with Crippen molar-refractivity contribution in [3.63, 3.8) is 0 Å². The maximum Gasteiger partial charge on any atom is 0.301 e. The number of rotatable bonds is 4. The lowest BCUT2D eigenvalue weighted by molar-refractivity contribution is -0.385. The molecule has 3 aromatic rings. The second kappa shape index (κ2) is 7.28. The number of carbonyl (C=O) groups excluding carboxylic acids is 2. The number of aliphatic hydroxyl groups excluding tert-OH is 1. The molecule has 1 N–H and O–H groups in total. The van der Waals surface area contributed by atoms with Crippen LogP contribution in [0.4, 0.5) is 10.8 Å². The van der Waals surface area contributed by atoms with Crippen LogP contribution in [-0.4, -0.2) is 26.7 Å². The highest BCUT2D eigenvalue weighted by Gasteiger charge is 2.49. The van der Waals surface area contributed by atoms with Crippen molar-refractivity contribution in [3.05, 3.63) is 93.0 Å². The van der Waals surface area contributed by atoms with Crippen LogP contribution in [0.25, 0.3) is 5.76 Å². The Balaban J connectivity index is 2.01. The molecule has 0 spiro atoms. The van der Waals surface area contributed by atoms with Gasteiger partial charge in [0.05, 0.1) is 16.1 Å². The molecule has 144 valence electrons. The summed E-state index contributed by atoms with van der Waals surface area (Å²) < 4.78 is 0. The average Bonchev–Trinajstić information content (AvgIpc) is 3.35. The molecule has 1 aliphatic heterocycles. The summed E-state index contributed by atoms with van der Waals surface area (Å²) in [6, 6.07) is 12.9. The first-order chi connectivity index (χ1) is 14.0. The first kappa shape index (κ1) is 18.5. The summed E-state index contributed by atoms with van der Waals surface area (Å²) >= 11 is 1.12. The number of ketones is 1. The molecule has 1 fully saturated rings. The zero-order valence-corrected chi connectivity index (χ0v) is 15.6. The van der Waals surface area contributed by atoms with E-state index in [2.05, 4.69) is 4.98 Å². The fraction of sp³-hybridized carbons (Fsp3) is 0.0500. The van der Waals surface area contributed by atoms with Gasteiger partial charge in [-0.25, -0.2) is 4.98 Å². The number of aliphatic hydroxyl groups is 1.